The monoisotopic (exact) mass is 517 g/mol. The van der Waals surface area contributed by atoms with E-state index in [2.05, 4.69) is 39.4 Å². The van der Waals surface area contributed by atoms with Crippen LogP contribution in [0, 0.1) is 31.6 Å². The molecule has 0 spiro atoms. The van der Waals surface area contributed by atoms with Gasteiger partial charge < -0.3 is 15.0 Å². The molecule has 4 atom stereocenters. The SMILES string of the molecule is COC[C@H](CC(NC(=O)C1CCCC1)c1ccccc1)N1CC2CN(C(=O)c3c(C)cccc3C)CC2C1. The zero-order valence-corrected chi connectivity index (χ0v) is 23.2. The van der Waals surface area contributed by atoms with E-state index in [1.807, 2.05) is 38.1 Å². The molecule has 0 bridgehead atoms. The van der Waals surface area contributed by atoms with E-state index in [0.717, 1.165) is 80.5 Å². The first kappa shape index (κ1) is 26.9. The lowest BCUT2D eigenvalue weighted by atomic mass is 9.97. The zero-order valence-electron chi connectivity index (χ0n) is 23.2. The average molecular weight is 518 g/mol. The summed E-state index contributed by atoms with van der Waals surface area (Å²) in [5, 5.41) is 3.41. The summed E-state index contributed by atoms with van der Waals surface area (Å²) >= 11 is 0. The van der Waals surface area contributed by atoms with Gasteiger partial charge in [-0.1, -0.05) is 61.4 Å². The van der Waals surface area contributed by atoms with Gasteiger partial charge in [0.2, 0.25) is 5.91 Å². The van der Waals surface area contributed by atoms with Crippen LogP contribution in [0.1, 0.15) is 65.2 Å². The molecule has 0 radical (unpaired) electrons. The molecule has 2 heterocycles. The summed E-state index contributed by atoms with van der Waals surface area (Å²) < 4.78 is 5.70. The van der Waals surface area contributed by atoms with Gasteiger partial charge in [0.1, 0.15) is 0 Å². The molecule has 2 saturated heterocycles. The van der Waals surface area contributed by atoms with Gasteiger partial charge in [-0.3, -0.25) is 14.5 Å². The van der Waals surface area contributed by atoms with E-state index >= 15 is 0 Å². The van der Waals surface area contributed by atoms with Gasteiger partial charge in [0, 0.05) is 50.8 Å². The van der Waals surface area contributed by atoms with Gasteiger partial charge in [-0.2, -0.15) is 0 Å². The Hall–Kier alpha value is -2.70. The Kier molecular flexibility index (Phi) is 8.49. The van der Waals surface area contributed by atoms with Crippen LogP contribution in [0.2, 0.25) is 0 Å². The van der Waals surface area contributed by atoms with Crippen LogP contribution in [-0.2, 0) is 9.53 Å². The van der Waals surface area contributed by atoms with Crippen LogP contribution >= 0.6 is 0 Å². The van der Waals surface area contributed by atoms with Crippen molar-refractivity contribution < 1.29 is 14.3 Å². The number of nitrogens with zero attached hydrogens (tertiary/aromatic N) is 2. The van der Waals surface area contributed by atoms with Crippen LogP contribution in [0.3, 0.4) is 0 Å². The molecular formula is C32H43N3O3. The minimum Gasteiger partial charge on any atom is -0.383 e. The number of fused-ring (bicyclic) bond motifs is 1. The van der Waals surface area contributed by atoms with Gasteiger partial charge >= 0.3 is 0 Å². The second kappa shape index (κ2) is 12.0. The lowest BCUT2D eigenvalue weighted by Crippen LogP contribution is -2.43. The number of nitrogens with one attached hydrogen (secondary N) is 1. The quantitative estimate of drug-likeness (QED) is 0.521. The molecule has 2 aromatic rings. The van der Waals surface area contributed by atoms with Crippen molar-refractivity contribution in [3.8, 4) is 0 Å². The molecule has 6 heteroatoms. The van der Waals surface area contributed by atoms with E-state index in [1.165, 1.54) is 0 Å². The van der Waals surface area contributed by atoms with Crippen LogP contribution in [0.4, 0.5) is 0 Å². The van der Waals surface area contributed by atoms with E-state index in [4.69, 9.17) is 4.74 Å². The zero-order chi connectivity index (χ0) is 26.6. The lowest BCUT2D eigenvalue weighted by Gasteiger charge is -2.33. The van der Waals surface area contributed by atoms with E-state index < -0.39 is 0 Å². The minimum atomic E-state index is -0.0352. The van der Waals surface area contributed by atoms with Crippen molar-refractivity contribution in [1.29, 1.82) is 0 Å². The summed E-state index contributed by atoms with van der Waals surface area (Å²) in [6.07, 6.45) is 5.13. The molecule has 1 N–H and O–H groups in total. The number of amides is 2. The number of ether oxygens (including phenoxy) is 1. The van der Waals surface area contributed by atoms with Gasteiger partial charge in [-0.25, -0.2) is 0 Å². The first-order chi connectivity index (χ1) is 18.4. The number of aryl methyl sites for hydroxylation is 2. The van der Waals surface area contributed by atoms with Gasteiger partial charge in [0.15, 0.2) is 0 Å². The van der Waals surface area contributed by atoms with E-state index in [9.17, 15) is 9.59 Å². The van der Waals surface area contributed by atoms with Crippen molar-refractivity contribution in [2.45, 2.75) is 58.0 Å². The van der Waals surface area contributed by atoms with Crippen molar-refractivity contribution >= 4 is 11.8 Å². The number of benzene rings is 2. The predicted molar refractivity (Wildman–Crippen MR) is 150 cm³/mol. The maximum absolute atomic E-state index is 13.4. The molecule has 38 heavy (non-hydrogen) atoms. The molecule has 2 amide bonds. The Balaban J connectivity index is 1.25. The van der Waals surface area contributed by atoms with Crippen molar-refractivity contribution in [3.63, 3.8) is 0 Å². The Morgan fingerprint density at radius 3 is 2.16 bits per heavy atom. The highest BCUT2D eigenvalue weighted by Crippen LogP contribution is 2.35. The third-order valence-corrected chi connectivity index (χ3v) is 9.12. The number of rotatable bonds is 9. The Morgan fingerprint density at radius 1 is 0.921 bits per heavy atom. The Bertz CT molecular complexity index is 1080. The molecule has 1 aliphatic carbocycles. The van der Waals surface area contributed by atoms with Crippen LogP contribution in [0.15, 0.2) is 48.5 Å². The first-order valence-electron chi connectivity index (χ1n) is 14.4. The van der Waals surface area contributed by atoms with Crippen molar-refractivity contribution in [2.75, 3.05) is 39.9 Å². The van der Waals surface area contributed by atoms with Gasteiger partial charge in [0.25, 0.3) is 5.91 Å². The first-order valence-corrected chi connectivity index (χ1v) is 14.4. The topological polar surface area (TPSA) is 61.9 Å². The molecule has 3 unspecified atom stereocenters. The molecule has 5 rings (SSSR count). The smallest absolute Gasteiger partial charge is 0.254 e. The minimum absolute atomic E-state index is 0.0352. The fraction of sp³-hybridized carbons (Fsp3) is 0.562. The Labute approximate surface area is 227 Å². The highest BCUT2D eigenvalue weighted by atomic mass is 16.5. The van der Waals surface area contributed by atoms with Crippen LogP contribution in [-0.4, -0.2) is 67.6 Å². The fourth-order valence-electron chi connectivity index (χ4n) is 7.03. The summed E-state index contributed by atoms with van der Waals surface area (Å²) in [7, 11) is 1.77. The summed E-state index contributed by atoms with van der Waals surface area (Å²) in [5.74, 6) is 1.48. The van der Waals surface area contributed by atoms with Crippen molar-refractivity contribution in [3.05, 3.63) is 70.8 Å². The molecule has 2 aliphatic heterocycles. The van der Waals surface area contributed by atoms with Crippen molar-refractivity contribution in [1.82, 2.24) is 15.1 Å². The molecule has 1 saturated carbocycles. The van der Waals surface area contributed by atoms with Crippen LogP contribution in [0.5, 0.6) is 0 Å². The van der Waals surface area contributed by atoms with Crippen molar-refractivity contribution in [2.24, 2.45) is 17.8 Å². The van der Waals surface area contributed by atoms with E-state index in [-0.39, 0.29) is 29.8 Å². The number of hydrogen-bond acceptors (Lipinski definition) is 4. The predicted octanol–water partition coefficient (Wildman–Crippen LogP) is 4.76. The summed E-state index contributed by atoms with van der Waals surface area (Å²) in [5.41, 5.74) is 4.14. The maximum atomic E-state index is 13.4. The lowest BCUT2D eigenvalue weighted by molar-refractivity contribution is -0.125. The number of carbonyl (C=O) groups is 2. The van der Waals surface area contributed by atoms with Gasteiger partial charge in [-0.15, -0.1) is 0 Å². The molecule has 3 aliphatic rings. The summed E-state index contributed by atoms with van der Waals surface area (Å²) in [6.45, 7) is 8.25. The molecule has 6 nitrogen and oxygen atoms in total. The van der Waals surface area contributed by atoms with E-state index in [1.54, 1.807) is 7.11 Å². The molecule has 2 aromatic carbocycles. The summed E-state index contributed by atoms with van der Waals surface area (Å²) in [6, 6.07) is 16.6. The maximum Gasteiger partial charge on any atom is 0.254 e. The normalized spacial score (nSPS) is 23.4. The standard InChI is InChI=1S/C32H43N3O3/c1-22-10-9-11-23(2)30(22)32(37)35-19-26-17-34(18-27(26)20-35)28(21-38-3)16-29(24-12-5-4-6-13-24)33-31(36)25-14-7-8-15-25/h4-6,9-13,25-29H,7-8,14-21H2,1-3H3,(H,33,36)/t26?,27?,28-,29?/m0/s1. The highest BCUT2D eigenvalue weighted by Gasteiger charge is 2.44. The average Bonchev–Trinajstić information content (AvgIpc) is 3.65. The Morgan fingerprint density at radius 2 is 1.55 bits per heavy atom. The summed E-state index contributed by atoms with van der Waals surface area (Å²) in [4.78, 5) is 31.1. The number of likely N-dealkylation sites (tertiary alicyclic amines) is 2. The highest BCUT2D eigenvalue weighted by molar-refractivity contribution is 5.97. The second-order valence-electron chi connectivity index (χ2n) is 11.7. The van der Waals surface area contributed by atoms with Gasteiger partial charge in [-0.05, 0) is 61.6 Å². The van der Waals surface area contributed by atoms with E-state index in [0.29, 0.717) is 18.4 Å². The van der Waals surface area contributed by atoms with Crippen LogP contribution in [0.25, 0.3) is 0 Å². The molecule has 0 aromatic heterocycles. The second-order valence-corrected chi connectivity index (χ2v) is 11.7. The largest absolute Gasteiger partial charge is 0.383 e. The molecular weight excluding hydrogens is 474 g/mol. The third-order valence-electron chi connectivity index (χ3n) is 9.12. The molecule has 3 fully saturated rings. The van der Waals surface area contributed by atoms with Gasteiger partial charge in [0.05, 0.1) is 12.6 Å². The number of carbonyl (C=O) groups excluding carboxylic acids is 2. The fourth-order valence-corrected chi connectivity index (χ4v) is 7.03. The third kappa shape index (κ3) is 5.81. The van der Waals surface area contributed by atoms with Crippen LogP contribution < -0.4 is 5.32 Å². The number of hydrogen-bond donors (Lipinski definition) is 1. The molecule has 204 valence electrons. The number of methoxy groups -OCH3 is 1.